The molecule has 1 saturated carbocycles. The van der Waals surface area contributed by atoms with Crippen molar-refractivity contribution < 1.29 is 24.3 Å². The van der Waals surface area contributed by atoms with Crippen molar-refractivity contribution in [1.82, 2.24) is 10.6 Å². The molecule has 2 aliphatic heterocycles. The molecule has 7 nitrogen and oxygen atoms in total. The summed E-state index contributed by atoms with van der Waals surface area (Å²) >= 11 is 0. The van der Waals surface area contributed by atoms with Gasteiger partial charge in [0, 0.05) is 19.0 Å². The molecule has 7 heteroatoms. The summed E-state index contributed by atoms with van der Waals surface area (Å²) in [5.41, 5.74) is 0. The molecule has 0 aromatic heterocycles. The Morgan fingerprint density at radius 1 is 1.00 bits per heavy atom. The van der Waals surface area contributed by atoms with Crippen LogP contribution in [0.25, 0.3) is 0 Å². The Labute approximate surface area is 200 Å². The van der Waals surface area contributed by atoms with Gasteiger partial charge in [-0.1, -0.05) is 49.5 Å². The third-order valence-electron chi connectivity index (χ3n) is 7.84. The van der Waals surface area contributed by atoms with Gasteiger partial charge in [0.05, 0.1) is 6.10 Å². The number of allylic oxidation sites excluding steroid dienone is 7. The van der Waals surface area contributed by atoms with Gasteiger partial charge in [0.1, 0.15) is 6.04 Å². The highest BCUT2D eigenvalue weighted by Crippen LogP contribution is 2.51. The van der Waals surface area contributed by atoms with Crippen molar-refractivity contribution in [2.24, 2.45) is 35.5 Å². The van der Waals surface area contributed by atoms with E-state index in [1.165, 1.54) is 6.08 Å². The highest BCUT2D eigenvalue weighted by Gasteiger charge is 2.47. The predicted molar refractivity (Wildman–Crippen MR) is 127 cm³/mol. The molecule has 4 rings (SSSR count). The smallest absolute Gasteiger partial charge is 0.243 e. The van der Waals surface area contributed by atoms with Gasteiger partial charge >= 0.3 is 0 Å². The topological polar surface area (TPSA) is 113 Å². The Balaban J connectivity index is 1.50. The van der Waals surface area contributed by atoms with Gasteiger partial charge < -0.3 is 15.7 Å². The number of ketones is 2. The maximum Gasteiger partial charge on any atom is 0.243 e. The predicted octanol–water partition coefficient (Wildman–Crippen LogP) is 2.03. The van der Waals surface area contributed by atoms with Crippen molar-refractivity contribution in [1.29, 1.82) is 0 Å². The maximum absolute atomic E-state index is 12.7. The molecule has 0 unspecified atom stereocenters. The van der Waals surface area contributed by atoms with Gasteiger partial charge in [-0.25, -0.2) is 0 Å². The van der Waals surface area contributed by atoms with E-state index < -0.39 is 35.5 Å². The van der Waals surface area contributed by atoms with Crippen molar-refractivity contribution in [3.8, 4) is 0 Å². The normalized spacial score (nSPS) is 41.8. The van der Waals surface area contributed by atoms with Gasteiger partial charge in [-0.2, -0.15) is 0 Å². The number of hydrogen-bond acceptors (Lipinski definition) is 5. The second kappa shape index (κ2) is 10.6. The molecule has 1 saturated heterocycles. The number of amides is 2. The molecule has 0 aromatic carbocycles. The standard InChI is InChI=1S/C27H34N2O5/c1-16-11-12-19-18-8-3-2-4-10-23(32)28-14-13-22(31)25-26(33)24(27(34)29-25)21(30)9-6-5-7-17(18)15-20(16)19/h2-5,7,10-12,16-20,22,24-25,31H,6,8-9,13-15H2,1H3,(H,28,32)(H,29,34)/b3-2-,7-5-,10-4-/t16-,17+,18-,19+,20+,22-,24-,25-/m0/s1. The van der Waals surface area contributed by atoms with E-state index in [1.54, 1.807) is 6.08 Å². The van der Waals surface area contributed by atoms with E-state index in [9.17, 15) is 24.3 Å². The van der Waals surface area contributed by atoms with Gasteiger partial charge in [0.15, 0.2) is 17.5 Å². The molecule has 182 valence electrons. The summed E-state index contributed by atoms with van der Waals surface area (Å²) in [6.07, 6.45) is 17.6. The molecular formula is C27H34N2O5. The Hall–Kier alpha value is -2.80. The summed E-state index contributed by atoms with van der Waals surface area (Å²) in [4.78, 5) is 49.7. The zero-order valence-corrected chi connectivity index (χ0v) is 19.6. The Bertz CT molecular complexity index is 949. The number of aliphatic hydroxyl groups is 1. The van der Waals surface area contributed by atoms with E-state index in [0.717, 1.165) is 12.8 Å². The van der Waals surface area contributed by atoms with Gasteiger partial charge in [-0.15, -0.1) is 0 Å². The average molecular weight is 467 g/mol. The lowest BCUT2D eigenvalue weighted by Gasteiger charge is -2.20. The molecule has 4 aliphatic rings. The van der Waals surface area contributed by atoms with Crippen LogP contribution in [0.4, 0.5) is 0 Å². The number of carbonyl (C=O) groups is 4. The van der Waals surface area contributed by atoms with Crippen LogP contribution in [0.2, 0.25) is 0 Å². The summed E-state index contributed by atoms with van der Waals surface area (Å²) in [5.74, 6) is -0.703. The minimum Gasteiger partial charge on any atom is -0.390 e. The second-order valence-corrected chi connectivity index (χ2v) is 9.97. The third kappa shape index (κ3) is 5.14. The van der Waals surface area contributed by atoms with Crippen molar-refractivity contribution in [3.63, 3.8) is 0 Å². The fraction of sp³-hybridized carbons (Fsp3) is 0.556. The number of nitrogens with one attached hydrogen (secondary N) is 2. The van der Waals surface area contributed by atoms with Gasteiger partial charge in [0.25, 0.3) is 0 Å². The first-order chi connectivity index (χ1) is 16.4. The average Bonchev–Trinajstić information content (AvgIpc) is 3.43. The first kappa shape index (κ1) is 24.3. The molecule has 2 amide bonds. The monoisotopic (exact) mass is 466 g/mol. The molecule has 34 heavy (non-hydrogen) atoms. The number of hydrogen-bond donors (Lipinski definition) is 3. The van der Waals surface area contributed by atoms with E-state index in [1.807, 2.05) is 12.2 Å². The van der Waals surface area contributed by atoms with Crippen LogP contribution in [0.5, 0.6) is 0 Å². The number of rotatable bonds is 0. The van der Waals surface area contributed by atoms with Crippen LogP contribution in [-0.2, 0) is 19.2 Å². The lowest BCUT2D eigenvalue weighted by molar-refractivity contribution is -0.136. The first-order valence-corrected chi connectivity index (χ1v) is 12.4. The molecule has 3 N–H and O–H groups in total. The molecule has 0 radical (unpaired) electrons. The number of carbonyl (C=O) groups excluding carboxylic acids is 4. The second-order valence-electron chi connectivity index (χ2n) is 9.97. The van der Waals surface area contributed by atoms with Crippen LogP contribution in [0.15, 0.2) is 48.6 Å². The highest BCUT2D eigenvalue weighted by molar-refractivity contribution is 6.24. The van der Waals surface area contributed by atoms with E-state index in [2.05, 4.69) is 41.9 Å². The summed E-state index contributed by atoms with van der Waals surface area (Å²) in [5, 5.41) is 15.5. The Morgan fingerprint density at radius 2 is 1.82 bits per heavy atom. The van der Waals surface area contributed by atoms with Crippen molar-refractivity contribution in [2.45, 2.75) is 51.2 Å². The Morgan fingerprint density at radius 3 is 2.65 bits per heavy atom. The zero-order valence-electron chi connectivity index (χ0n) is 19.6. The van der Waals surface area contributed by atoms with E-state index in [4.69, 9.17) is 0 Å². The molecule has 0 spiro atoms. The molecular weight excluding hydrogens is 432 g/mol. The number of aliphatic hydroxyl groups excluding tert-OH is 1. The van der Waals surface area contributed by atoms with Crippen LogP contribution >= 0.6 is 0 Å². The van der Waals surface area contributed by atoms with Crippen LogP contribution in [-0.4, -0.2) is 47.2 Å². The van der Waals surface area contributed by atoms with Gasteiger partial charge in [-0.3, -0.25) is 19.2 Å². The highest BCUT2D eigenvalue weighted by atomic mass is 16.3. The lowest BCUT2D eigenvalue weighted by atomic mass is 9.85. The minimum absolute atomic E-state index is 0.0906. The largest absolute Gasteiger partial charge is 0.390 e. The number of Topliss-reactive ketones (excluding diaryl/α,β-unsaturated/α-hetero) is 2. The quantitative estimate of drug-likeness (QED) is 0.374. The van der Waals surface area contributed by atoms with Crippen LogP contribution in [0.3, 0.4) is 0 Å². The van der Waals surface area contributed by atoms with E-state index in [-0.39, 0.29) is 25.3 Å². The van der Waals surface area contributed by atoms with Crippen molar-refractivity contribution in [3.05, 3.63) is 48.6 Å². The fourth-order valence-electron chi connectivity index (χ4n) is 5.97. The Kier molecular flexibility index (Phi) is 7.61. The maximum atomic E-state index is 12.7. The van der Waals surface area contributed by atoms with E-state index >= 15 is 0 Å². The summed E-state index contributed by atoms with van der Waals surface area (Å²) in [6, 6.07) is -1.12. The molecule has 2 heterocycles. The van der Waals surface area contributed by atoms with Crippen LogP contribution in [0, 0.1) is 35.5 Å². The first-order valence-electron chi connectivity index (χ1n) is 12.4. The zero-order chi connectivity index (χ0) is 24.2. The number of fused-ring (bicyclic) bond motifs is 5. The van der Waals surface area contributed by atoms with Crippen molar-refractivity contribution in [2.75, 3.05) is 6.54 Å². The van der Waals surface area contributed by atoms with E-state index in [0.29, 0.717) is 36.0 Å². The molecule has 8 atom stereocenters. The molecule has 2 bridgehead atoms. The summed E-state index contributed by atoms with van der Waals surface area (Å²) < 4.78 is 0. The lowest BCUT2D eigenvalue weighted by Crippen LogP contribution is -2.42. The van der Waals surface area contributed by atoms with Crippen LogP contribution < -0.4 is 10.6 Å². The SMILES string of the molecule is C[C@H]1C=C[C@@H]2[C@H]3C/C=C\C=C/C(=O)NCC[C@H](O)[C@@H]4NC(=O)[C@@H](C(=O)CC/C=C\[C@@H]3C[C@@H]21)C4=O. The summed E-state index contributed by atoms with van der Waals surface area (Å²) in [6.45, 7) is 2.41. The van der Waals surface area contributed by atoms with Crippen molar-refractivity contribution >= 4 is 23.4 Å². The molecule has 0 aromatic rings. The third-order valence-corrected chi connectivity index (χ3v) is 7.84. The summed E-state index contributed by atoms with van der Waals surface area (Å²) in [7, 11) is 0. The minimum atomic E-state index is -1.36. The van der Waals surface area contributed by atoms with Gasteiger partial charge in [0.2, 0.25) is 11.8 Å². The molecule has 2 fully saturated rings. The van der Waals surface area contributed by atoms with Gasteiger partial charge in [-0.05, 0) is 55.3 Å². The van der Waals surface area contributed by atoms with Crippen LogP contribution in [0.1, 0.15) is 39.0 Å². The molecule has 2 aliphatic carbocycles. The fourth-order valence-corrected chi connectivity index (χ4v) is 5.97.